The van der Waals surface area contributed by atoms with Gasteiger partial charge >= 0.3 is 0 Å². The molecule has 1 heterocycles. The Morgan fingerprint density at radius 2 is 2.26 bits per heavy atom. The topological polar surface area (TPSA) is 80.0 Å². The fourth-order valence-electron chi connectivity index (χ4n) is 1.71. The summed E-state index contributed by atoms with van der Waals surface area (Å²) < 4.78 is 0. The van der Waals surface area contributed by atoms with Crippen molar-refractivity contribution in [3.8, 4) is 0 Å². The number of amides is 1. The third kappa shape index (κ3) is 3.30. The highest BCUT2D eigenvalue weighted by Crippen LogP contribution is 2.17. The third-order valence-corrected chi connectivity index (χ3v) is 3.78. The summed E-state index contributed by atoms with van der Waals surface area (Å²) in [7, 11) is 0. The van der Waals surface area contributed by atoms with E-state index in [2.05, 4.69) is 15.7 Å². The van der Waals surface area contributed by atoms with Crippen molar-refractivity contribution >= 4 is 22.9 Å². The molecule has 5 nitrogen and oxygen atoms in total. The van der Waals surface area contributed by atoms with Crippen molar-refractivity contribution < 1.29 is 4.79 Å². The Morgan fingerprint density at radius 1 is 1.47 bits per heavy atom. The van der Waals surface area contributed by atoms with Gasteiger partial charge in [-0.25, -0.2) is 4.98 Å². The molecule has 1 unspecified atom stereocenters. The molecule has 0 fully saturated rings. The van der Waals surface area contributed by atoms with Crippen LogP contribution >= 0.6 is 11.3 Å². The zero-order valence-corrected chi connectivity index (χ0v) is 11.4. The van der Waals surface area contributed by atoms with Crippen LogP contribution in [0.1, 0.15) is 28.2 Å². The van der Waals surface area contributed by atoms with Gasteiger partial charge in [-0.2, -0.15) is 0 Å². The van der Waals surface area contributed by atoms with E-state index in [0.717, 1.165) is 5.01 Å². The number of benzene rings is 1. The number of para-hydroxylation sites is 1. The fraction of sp³-hybridized carbons (Fsp3) is 0.231. The number of hydrogen-bond acceptors (Lipinski definition) is 5. The van der Waals surface area contributed by atoms with E-state index in [1.165, 1.54) is 0 Å². The van der Waals surface area contributed by atoms with Gasteiger partial charge in [-0.3, -0.25) is 10.6 Å². The van der Waals surface area contributed by atoms with E-state index in [0.29, 0.717) is 17.8 Å². The molecular formula is C13H16N4OS. The number of carbonyl (C=O) groups excluding carboxylic acids is 1. The van der Waals surface area contributed by atoms with Crippen molar-refractivity contribution in [2.24, 2.45) is 5.84 Å². The second-order valence-corrected chi connectivity index (χ2v) is 5.10. The summed E-state index contributed by atoms with van der Waals surface area (Å²) in [6.45, 7) is 2.58. The van der Waals surface area contributed by atoms with Crippen molar-refractivity contribution in [3.05, 3.63) is 46.4 Å². The molecule has 0 aliphatic carbocycles. The zero-order valence-electron chi connectivity index (χ0n) is 10.6. The van der Waals surface area contributed by atoms with Crippen LogP contribution in [0.3, 0.4) is 0 Å². The minimum atomic E-state index is -0.142. The van der Waals surface area contributed by atoms with Crippen LogP contribution in [-0.2, 0) is 0 Å². The molecule has 100 valence electrons. The fourth-order valence-corrected chi connectivity index (χ4v) is 2.41. The van der Waals surface area contributed by atoms with E-state index < -0.39 is 0 Å². The molecule has 19 heavy (non-hydrogen) atoms. The van der Waals surface area contributed by atoms with E-state index >= 15 is 0 Å². The van der Waals surface area contributed by atoms with Gasteiger partial charge in [-0.1, -0.05) is 19.1 Å². The van der Waals surface area contributed by atoms with Crippen molar-refractivity contribution in [2.75, 3.05) is 12.0 Å². The molecule has 0 bridgehead atoms. The number of nitrogens with zero attached hydrogens (tertiary/aromatic N) is 1. The number of nitrogens with two attached hydrogens (primary N) is 1. The number of rotatable bonds is 5. The quantitative estimate of drug-likeness (QED) is 0.576. The first-order valence-electron chi connectivity index (χ1n) is 5.95. The minimum absolute atomic E-state index is 0.142. The highest BCUT2D eigenvalue weighted by molar-refractivity contribution is 7.09. The molecule has 0 saturated carbocycles. The van der Waals surface area contributed by atoms with Crippen LogP contribution in [0.4, 0.5) is 5.69 Å². The van der Waals surface area contributed by atoms with Crippen LogP contribution in [0.2, 0.25) is 0 Å². The van der Waals surface area contributed by atoms with Gasteiger partial charge in [0.1, 0.15) is 0 Å². The van der Waals surface area contributed by atoms with Gasteiger partial charge in [0, 0.05) is 24.0 Å². The van der Waals surface area contributed by atoms with Gasteiger partial charge in [-0.05, 0) is 12.1 Å². The average molecular weight is 276 g/mol. The Balaban J connectivity index is 1.98. The standard InChI is InChI=1S/C13H16N4OS/c1-9(13-15-6-7-19-13)8-16-12(18)10-4-2-3-5-11(10)17-14/h2-7,9,17H,8,14H2,1H3,(H,16,18). The number of nitrogen functional groups attached to an aromatic ring is 1. The van der Waals surface area contributed by atoms with Crippen LogP contribution in [0.15, 0.2) is 35.8 Å². The monoisotopic (exact) mass is 276 g/mol. The predicted octanol–water partition coefficient (Wildman–Crippen LogP) is 1.96. The molecule has 1 aromatic heterocycles. The van der Waals surface area contributed by atoms with Crippen molar-refractivity contribution in [3.63, 3.8) is 0 Å². The van der Waals surface area contributed by atoms with Gasteiger partial charge in [0.15, 0.2) is 0 Å². The van der Waals surface area contributed by atoms with Crippen molar-refractivity contribution in [1.29, 1.82) is 0 Å². The molecule has 1 atom stereocenters. The van der Waals surface area contributed by atoms with E-state index in [4.69, 9.17) is 5.84 Å². The Bertz CT molecular complexity index is 541. The minimum Gasteiger partial charge on any atom is -0.351 e. The Morgan fingerprint density at radius 3 is 2.95 bits per heavy atom. The van der Waals surface area contributed by atoms with Crippen LogP contribution in [-0.4, -0.2) is 17.4 Å². The summed E-state index contributed by atoms with van der Waals surface area (Å²) >= 11 is 1.59. The largest absolute Gasteiger partial charge is 0.351 e. The van der Waals surface area contributed by atoms with E-state index in [-0.39, 0.29) is 11.8 Å². The molecule has 0 radical (unpaired) electrons. The Labute approximate surface area is 115 Å². The van der Waals surface area contributed by atoms with Gasteiger partial charge in [0.2, 0.25) is 0 Å². The molecule has 4 N–H and O–H groups in total. The summed E-state index contributed by atoms with van der Waals surface area (Å²) in [6.07, 6.45) is 1.77. The summed E-state index contributed by atoms with van der Waals surface area (Å²) in [5.74, 6) is 5.44. The van der Waals surface area contributed by atoms with E-state index in [9.17, 15) is 4.79 Å². The SMILES string of the molecule is CC(CNC(=O)c1ccccc1NN)c1nccs1. The first-order valence-corrected chi connectivity index (χ1v) is 6.83. The van der Waals surface area contributed by atoms with Gasteiger partial charge < -0.3 is 10.7 Å². The third-order valence-electron chi connectivity index (χ3n) is 2.77. The summed E-state index contributed by atoms with van der Waals surface area (Å²) in [6, 6.07) is 7.13. The number of anilines is 1. The highest BCUT2D eigenvalue weighted by Gasteiger charge is 2.13. The maximum Gasteiger partial charge on any atom is 0.253 e. The lowest BCUT2D eigenvalue weighted by Gasteiger charge is -2.12. The Kier molecular flexibility index (Phi) is 4.48. The van der Waals surface area contributed by atoms with Gasteiger partial charge in [0.25, 0.3) is 5.91 Å². The molecule has 0 aliphatic heterocycles. The Hall–Kier alpha value is -1.92. The summed E-state index contributed by atoms with van der Waals surface area (Å²) in [4.78, 5) is 16.3. The molecule has 2 aromatic rings. The lowest BCUT2D eigenvalue weighted by Crippen LogP contribution is -2.28. The number of thiazole rings is 1. The molecule has 6 heteroatoms. The van der Waals surface area contributed by atoms with E-state index in [1.807, 2.05) is 18.4 Å². The zero-order chi connectivity index (χ0) is 13.7. The maximum atomic E-state index is 12.1. The lowest BCUT2D eigenvalue weighted by molar-refractivity contribution is 0.0952. The number of aromatic nitrogens is 1. The molecular weight excluding hydrogens is 260 g/mol. The van der Waals surface area contributed by atoms with Crippen molar-refractivity contribution in [1.82, 2.24) is 10.3 Å². The molecule has 2 rings (SSSR count). The smallest absolute Gasteiger partial charge is 0.253 e. The number of nitrogens with one attached hydrogen (secondary N) is 2. The molecule has 0 aliphatic rings. The second-order valence-electron chi connectivity index (χ2n) is 4.17. The van der Waals surface area contributed by atoms with Crippen LogP contribution in [0, 0.1) is 0 Å². The first-order chi connectivity index (χ1) is 9.22. The maximum absolute atomic E-state index is 12.1. The van der Waals surface area contributed by atoms with Gasteiger partial charge in [0.05, 0.1) is 16.3 Å². The average Bonchev–Trinajstić information content (AvgIpc) is 2.98. The van der Waals surface area contributed by atoms with Crippen molar-refractivity contribution in [2.45, 2.75) is 12.8 Å². The van der Waals surface area contributed by atoms with E-state index in [1.54, 1.807) is 35.7 Å². The summed E-state index contributed by atoms with van der Waals surface area (Å²) in [5, 5.41) is 5.84. The number of hydrogen-bond donors (Lipinski definition) is 3. The second kappa shape index (κ2) is 6.31. The number of carbonyl (C=O) groups is 1. The van der Waals surface area contributed by atoms with Crippen LogP contribution < -0.4 is 16.6 Å². The van der Waals surface area contributed by atoms with Gasteiger partial charge in [-0.15, -0.1) is 11.3 Å². The highest BCUT2D eigenvalue weighted by atomic mass is 32.1. The molecule has 0 spiro atoms. The lowest BCUT2D eigenvalue weighted by atomic mass is 10.1. The molecule has 1 amide bonds. The molecule has 1 aromatic carbocycles. The number of hydrazine groups is 1. The molecule has 0 saturated heterocycles. The summed E-state index contributed by atoms with van der Waals surface area (Å²) in [5.41, 5.74) is 3.67. The normalized spacial score (nSPS) is 11.9. The van der Waals surface area contributed by atoms with Crippen LogP contribution in [0.25, 0.3) is 0 Å². The predicted molar refractivity (Wildman–Crippen MR) is 77.1 cm³/mol. The van der Waals surface area contributed by atoms with Crippen LogP contribution in [0.5, 0.6) is 0 Å². The first kappa shape index (κ1) is 13.5.